The number of tetrazole rings is 1. The predicted octanol–water partition coefficient (Wildman–Crippen LogP) is 4.82. The number of hydrogen-bond donors (Lipinski definition) is 1. The van der Waals surface area contributed by atoms with Gasteiger partial charge in [-0.05, 0) is 58.6 Å². The molecule has 3 aromatic carbocycles. The average molecular weight is 373 g/mol. The van der Waals surface area contributed by atoms with E-state index in [1.54, 1.807) is 11.9 Å². The summed E-state index contributed by atoms with van der Waals surface area (Å²) in [6.45, 7) is 2.71. The van der Waals surface area contributed by atoms with Gasteiger partial charge >= 0.3 is 0 Å². The summed E-state index contributed by atoms with van der Waals surface area (Å²) in [7, 11) is 0. The zero-order valence-electron chi connectivity index (χ0n) is 14.9. The van der Waals surface area contributed by atoms with E-state index in [4.69, 9.17) is 0 Å². The number of anilines is 1. The first-order chi connectivity index (χ1) is 13.3. The molecule has 1 aromatic heterocycles. The van der Waals surface area contributed by atoms with Crippen LogP contribution in [-0.4, -0.2) is 20.2 Å². The zero-order valence-corrected chi connectivity index (χ0v) is 15.7. The van der Waals surface area contributed by atoms with Crippen molar-refractivity contribution in [3.05, 3.63) is 90.0 Å². The van der Waals surface area contributed by atoms with Gasteiger partial charge in [-0.3, -0.25) is 0 Å². The summed E-state index contributed by atoms with van der Waals surface area (Å²) in [4.78, 5) is 1.15. The Labute approximate surface area is 162 Å². The van der Waals surface area contributed by atoms with Crippen molar-refractivity contribution < 1.29 is 0 Å². The van der Waals surface area contributed by atoms with Crippen LogP contribution in [0.2, 0.25) is 0 Å². The van der Waals surface area contributed by atoms with E-state index in [0.717, 1.165) is 33.1 Å². The minimum atomic E-state index is 0.628. The summed E-state index contributed by atoms with van der Waals surface area (Å²) in [6.07, 6.45) is 0. The second-order valence-electron chi connectivity index (χ2n) is 6.16. The van der Waals surface area contributed by atoms with E-state index in [1.165, 1.54) is 0 Å². The van der Waals surface area contributed by atoms with Crippen LogP contribution in [0.4, 0.5) is 5.69 Å². The summed E-state index contributed by atoms with van der Waals surface area (Å²) in [5, 5.41) is 12.4. The Morgan fingerprint density at radius 3 is 2.41 bits per heavy atom. The summed E-state index contributed by atoms with van der Waals surface area (Å²) in [5.74, 6) is 0.758. The number of hydrogen-bond acceptors (Lipinski definition) is 5. The van der Waals surface area contributed by atoms with Crippen molar-refractivity contribution in [3.63, 3.8) is 0 Å². The average Bonchev–Trinajstić information content (AvgIpc) is 3.15. The van der Waals surface area contributed by atoms with Crippen molar-refractivity contribution in [3.8, 4) is 11.4 Å². The number of aromatic nitrogens is 4. The van der Waals surface area contributed by atoms with Gasteiger partial charge in [0.05, 0.1) is 12.2 Å². The maximum atomic E-state index is 4.31. The summed E-state index contributed by atoms with van der Waals surface area (Å²) in [6, 6.07) is 26.6. The van der Waals surface area contributed by atoms with Gasteiger partial charge in [0.15, 0.2) is 5.82 Å². The predicted molar refractivity (Wildman–Crippen MR) is 109 cm³/mol. The Bertz CT molecular complexity index is 1020. The Morgan fingerprint density at radius 1 is 0.889 bits per heavy atom. The second kappa shape index (κ2) is 8.05. The molecule has 0 radical (unpaired) electrons. The highest BCUT2D eigenvalue weighted by molar-refractivity contribution is 8.00. The molecule has 5 nitrogen and oxygen atoms in total. The van der Waals surface area contributed by atoms with E-state index in [9.17, 15) is 0 Å². The van der Waals surface area contributed by atoms with E-state index in [2.05, 4.69) is 63.6 Å². The lowest BCUT2D eigenvalue weighted by atomic mass is 10.1. The second-order valence-corrected chi connectivity index (χ2v) is 7.04. The maximum absolute atomic E-state index is 4.31. The van der Waals surface area contributed by atoms with Crippen molar-refractivity contribution >= 4 is 17.6 Å². The van der Waals surface area contributed by atoms with Crippen LogP contribution in [0.3, 0.4) is 0 Å². The van der Waals surface area contributed by atoms with Crippen LogP contribution in [0, 0.1) is 6.92 Å². The lowest BCUT2D eigenvalue weighted by Gasteiger charge is -2.14. The van der Waals surface area contributed by atoms with Crippen LogP contribution < -0.4 is 4.72 Å². The molecule has 1 heterocycles. The lowest BCUT2D eigenvalue weighted by Crippen LogP contribution is -2.06. The molecule has 0 fully saturated rings. The molecule has 0 atom stereocenters. The SMILES string of the molecule is Cc1cccc(NSc2ccccc2)c1-c1nnnn1Cc1ccccc1. The first-order valence-electron chi connectivity index (χ1n) is 8.69. The maximum Gasteiger partial charge on any atom is 0.184 e. The van der Waals surface area contributed by atoms with E-state index in [-0.39, 0.29) is 0 Å². The molecule has 0 bridgehead atoms. The van der Waals surface area contributed by atoms with Gasteiger partial charge in [0, 0.05) is 10.5 Å². The Morgan fingerprint density at radius 2 is 1.63 bits per heavy atom. The minimum absolute atomic E-state index is 0.628. The largest absolute Gasteiger partial charge is 0.325 e. The van der Waals surface area contributed by atoms with Gasteiger partial charge in [0.25, 0.3) is 0 Å². The first-order valence-corrected chi connectivity index (χ1v) is 9.51. The van der Waals surface area contributed by atoms with Gasteiger partial charge < -0.3 is 4.72 Å². The molecule has 0 spiro atoms. The molecular formula is C21H19N5S. The molecule has 0 amide bonds. The molecule has 0 aliphatic heterocycles. The molecule has 0 unspecified atom stereocenters. The normalized spacial score (nSPS) is 10.7. The number of benzene rings is 3. The van der Waals surface area contributed by atoms with Crippen LogP contribution in [-0.2, 0) is 6.54 Å². The zero-order chi connectivity index (χ0) is 18.5. The summed E-state index contributed by atoms with van der Waals surface area (Å²) >= 11 is 1.58. The summed E-state index contributed by atoms with van der Waals surface area (Å²) in [5.41, 5.74) is 4.29. The van der Waals surface area contributed by atoms with Gasteiger partial charge in [-0.15, -0.1) is 5.10 Å². The molecule has 4 aromatic rings. The highest BCUT2D eigenvalue weighted by Crippen LogP contribution is 2.33. The van der Waals surface area contributed by atoms with E-state index < -0.39 is 0 Å². The fraction of sp³-hybridized carbons (Fsp3) is 0.0952. The molecular weight excluding hydrogens is 354 g/mol. The van der Waals surface area contributed by atoms with Gasteiger partial charge in [-0.2, -0.15) is 0 Å². The van der Waals surface area contributed by atoms with Crippen LogP contribution in [0.25, 0.3) is 11.4 Å². The fourth-order valence-corrected chi connectivity index (χ4v) is 3.59. The van der Waals surface area contributed by atoms with Gasteiger partial charge in [0.2, 0.25) is 0 Å². The van der Waals surface area contributed by atoms with Gasteiger partial charge in [-0.25, -0.2) is 4.68 Å². The third-order valence-electron chi connectivity index (χ3n) is 4.23. The molecule has 6 heteroatoms. The van der Waals surface area contributed by atoms with Crippen LogP contribution in [0.15, 0.2) is 83.8 Å². The van der Waals surface area contributed by atoms with Crippen LogP contribution >= 0.6 is 11.9 Å². The quantitative estimate of drug-likeness (QED) is 0.491. The number of rotatable bonds is 6. The van der Waals surface area contributed by atoms with Gasteiger partial charge in [0.1, 0.15) is 0 Å². The summed E-state index contributed by atoms with van der Waals surface area (Å²) < 4.78 is 5.30. The van der Waals surface area contributed by atoms with Gasteiger partial charge in [-0.1, -0.05) is 60.7 Å². The monoisotopic (exact) mass is 373 g/mol. The standard InChI is InChI=1S/C21H19N5S/c1-16-9-8-14-19(23-27-18-12-6-3-7-13-18)20(16)21-22-24-25-26(21)15-17-10-4-2-5-11-17/h2-14,23H,15H2,1H3. The van der Waals surface area contributed by atoms with Crippen molar-refractivity contribution in [1.82, 2.24) is 20.2 Å². The fourth-order valence-electron chi connectivity index (χ4n) is 2.90. The first kappa shape index (κ1) is 17.3. The van der Waals surface area contributed by atoms with Crippen molar-refractivity contribution in [2.75, 3.05) is 4.72 Å². The smallest absolute Gasteiger partial charge is 0.184 e. The lowest BCUT2D eigenvalue weighted by molar-refractivity contribution is 0.653. The number of nitrogens with zero attached hydrogens (tertiary/aromatic N) is 4. The van der Waals surface area contributed by atoms with Crippen LogP contribution in [0.5, 0.6) is 0 Å². The van der Waals surface area contributed by atoms with Crippen molar-refractivity contribution in [2.45, 2.75) is 18.4 Å². The minimum Gasteiger partial charge on any atom is -0.325 e. The topological polar surface area (TPSA) is 55.6 Å². The highest BCUT2D eigenvalue weighted by Gasteiger charge is 2.16. The van der Waals surface area contributed by atoms with E-state index in [0.29, 0.717) is 6.54 Å². The van der Waals surface area contributed by atoms with Crippen LogP contribution in [0.1, 0.15) is 11.1 Å². The Kier molecular flexibility index (Phi) is 5.16. The molecule has 134 valence electrons. The molecule has 1 N–H and O–H groups in total. The molecule has 27 heavy (non-hydrogen) atoms. The van der Waals surface area contributed by atoms with E-state index in [1.807, 2.05) is 47.1 Å². The van der Waals surface area contributed by atoms with E-state index >= 15 is 0 Å². The third kappa shape index (κ3) is 4.01. The Balaban J connectivity index is 1.65. The molecule has 0 aliphatic carbocycles. The molecule has 0 saturated carbocycles. The molecule has 0 saturated heterocycles. The molecule has 4 rings (SSSR count). The number of aryl methyl sites for hydroxylation is 1. The van der Waals surface area contributed by atoms with Crippen molar-refractivity contribution in [1.29, 1.82) is 0 Å². The molecule has 0 aliphatic rings. The Hall–Kier alpha value is -3.12. The highest BCUT2D eigenvalue weighted by atomic mass is 32.2. The van der Waals surface area contributed by atoms with Crippen molar-refractivity contribution in [2.24, 2.45) is 0 Å². The number of nitrogens with one attached hydrogen (secondary N) is 1. The third-order valence-corrected chi connectivity index (χ3v) is 5.06.